The summed E-state index contributed by atoms with van der Waals surface area (Å²) in [5, 5.41) is 16.1. The molecule has 20 heavy (non-hydrogen) atoms. The van der Waals surface area contributed by atoms with E-state index in [0.717, 1.165) is 0 Å². The second-order valence-corrected chi connectivity index (χ2v) is 5.28. The van der Waals surface area contributed by atoms with Crippen molar-refractivity contribution in [2.24, 2.45) is 0 Å². The third-order valence-electron chi connectivity index (χ3n) is 2.78. The lowest BCUT2D eigenvalue weighted by molar-refractivity contribution is -0.115. The fourth-order valence-corrected chi connectivity index (χ4v) is 1.80. The van der Waals surface area contributed by atoms with Crippen LogP contribution in [0.2, 0.25) is 5.02 Å². The molecule has 1 amide bonds. The van der Waals surface area contributed by atoms with Crippen molar-refractivity contribution in [1.82, 2.24) is 5.32 Å². The number of methoxy groups -OCH3 is 1. The summed E-state index contributed by atoms with van der Waals surface area (Å²) in [4.78, 5) is 11.7. The summed E-state index contributed by atoms with van der Waals surface area (Å²) in [6.07, 6.45) is 0.503. The van der Waals surface area contributed by atoms with Crippen LogP contribution in [0.15, 0.2) is 24.3 Å². The van der Waals surface area contributed by atoms with Gasteiger partial charge in [0.2, 0.25) is 5.91 Å². The van der Waals surface area contributed by atoms with Gasteiger partial charge < -0.3 is 20.5 Å². The molecule has 1 atom stereocenters. The van der Waals surface area contributed by atoms with E-state index in [1.807, 2.05) is 0 Å². The van der Waals surface area contributed by atoms with Gasteiger partial charge in [0.15, 0.2) is 0 Å². The number of benzene rings is 1. The first-order valence-corrected chi connectivity index (χ1v) is 6.79. The number of rotatable bonds is 8. The Kier molecular flexibility index (Phi) is 6.95. The monoisotopic (exact) mass is 300 g/mol. The SMILES string of the molecule is COCCC(C)(O)CNCC(=O)Nc1ccccc1Cl. The zero-order valence-corrected chi connectivity index (χ0v) is 12.5. The molecule has 1 rings (SSSR count). The van der Waals surface area contributed by atoms with Crippen LogP contribution in [0.25, 0.3) is 0 Å². The smallest absolute Gasteiger partial charge is 0.238 e. The molecule has 0 saturated carbocycles. The number of carbonyl (C=O) groups is 1. The molecule has 0 aliphatic rings. The Morgan fingerprint density at radius 2 is 2.15 bits per heavy atom. The highest BCUT2D eigenvalue weighted by atomic mass is 35.5. The van der Waals surface area contributed by atoms with Crippen molar-refractivity contribution in [2.45, 2.75) is 18.9 Å². The minimum atomic E-state index is -0.902. The summed E-state index contributed by atoms with van der Waals surface area (Å²) >= 11 is 5.94. The van der Waals surface area contributed by atoms with Crippen LogP contribution in [0.4, 0.5) is 5.69 Å². The Balaban J connectivity index is 2.32. The van der Waals surface area contributed by atoms with Crippen LogP contribution in [-0.2, 0) is 9.53 Å². The Labute approximate surface area is 124 Å². The van der Waals surface area contributed by atoms with Gasteiger partial charge in [0.05, 0.1) is 22.9 Å². The highest BCUT2D eigenvalue weighted by Gasteiger charge is 2.19. The summed E-state index contributed by atoms with van der Waals surface area (Å²) in [7, 11) is 1.58. The van der Waals surface area contributed by atoms with Gasteiger partial charge in [0.1, 0.15) is 0 Å². The topological polar surface area (TPSA) is 70.6 Å². The van der Waals surface area contributed by atoms with Crippen molar-refractivity contribution in [3.8, 4) is 0 Å². The van der Waals surface area contributed by atoms with E-state index in [-0.39, 0.29) is 12.5 Å². The quantitative estimate of drug-likeness (QED) is 0.683. The molecular formula is C14H21ClN2O3. The highest BCUT2D eigenvalue weighted by molar-refractivity contribution is 6.33. The standard InChI is InChI=1S/C14H21ClN2O3/c1-14(19,7-8-20-2)10-16-9-13(18)17-12-6-4-3-5-11(12)15/h3-6,16,19H,7-10H2,1-2H3,(H,17,18). The maximum Gasteiger partial charge on any atom is 0.238 e. The number of halogens is 1. The number of anilines is 1. The van der Waals surface area contributed by atoms with Crippen LogP contribution in [0.5, 0.6) is 0 Å². The number of aliphatic hydroxyl groups is 1. The van der Waals surface area contributed by atoms with E-state index in [9.17, 15) is 9.90 Å². The molecule has 6 heteroatoms. The number of para-hydroxylation sites is 1. The number of ether oxygens (including phenoxy) is 1. The molecule has 1 aromatic rings. The Morgan fingerprint density at radius 1 is 1.45 bits per heavy atom. The van der Waals surface area contributed by atoms with Gasteiger partial charge >= 0.3 is 0 Å². The minimum Gasteiger partial charge on any atom is -0.389 e. The molecule has 0 heterocycles. The van der Waals surface area contributed by atoms with Crippen molar-refractivity contribution in [3.05, 3.63) is 29.3 Å². The number of nitrogens with one attached hydrogen (secondary N) is 2. The highest BCUT2D eigenvalue weighted by Crippen LogP contribution is 2.20. The molecule has 0 aliphatic carbocycles. The molecule has 0 bridgehead atoms. The Bertz CT molecular complexity index is 438. The molecule has 0 spiro atoms. The molecule has 0 saturated heterocycles. The van der Waals surface area contributed by atoms with Gasteiger partial charge in [0, 0.05) is 26.7 Å². The first-order chi connectivity index (χ1) is 9.44. The normalized spacial score (nSPS) is 13.8. The third kappa shape index (κ3) is 6.34. The van der Waals surface area contributed by atoms with Gasteiger partial charge in [-0.15, -0.1) is 0 Å². The van der Waals surface area contributed by atoms with E-state index < -0.39 is 5.60 Å². The van der Waals surface area contributed by atoms with Gasteiger partial charge in [-0.1, -0.05) is 23.7 Å². The predicted molar refractivity (Wildman–Crippen MR) is 80.1 cm³/mol. The van der Waals surface area contributed by atoms with Gasteiger partial charge in [-0.3, -0.25) is 4.79 Å². The van der Waals surface area contributed by atoms with Crippen LogP contribution < -0.4 is 10.6 Å². The van der Waals surface area contributed by atoms with Crippen LogP contribution in [0.1, 0.15) is 13.3 Å². The minimum absolute atomic E-state index is 0.106. The van der Waals surface area contributed by atoms with Crippen molar-refractivity contribution in [1.29, 1.82) is 0 Å². The molecule has 0 aromatic heterocycles. The van der Waals surface area contributed by atoms with Crippen LogP contribution in [0, 0.1) is 0 Å². The number of amides is 1. The van der Waals surface area contributed by atoms with E-state index >= 15 is 0 Å². The van der Waals surface area contributed by atoms with Crippen molar-refractivity contribution in [3.63, 3.8) is 0 Å². The van der Waals surface area contributed by atoms with E-state index in [0.29, 0.717) is 30.3 Å². The second kappa shape index (κ2) is 8.21. The zero-order valence-electron chi connectivity index (χ0n) is 11.8. The molecule has 3 N–H and O–H groups in total. The summed E-state index contributed by atoms with van der Waals surface area (Å²) in [5.41, 5.74) is -0.326. The third-order valence-corrected chi connectivity index (χ3v) is 3.11. The summed E-state index contributed by atoms with van der Waals surface area (Å²) < 4.78 is 4.92. The molecule has 0 aliphatic heterocycles. The average Bonchev–Trinajstić information content (AvgIpc) is 2.39. The average molecular weight is 301 g/mol. The summed E-state index contributed by atoms with van der Waals surface area (Å²) in [6.45, 7) is 2.59. The van der Waals surface area contributed by atoms with Gasteiger partial charge in [0.25, 0.3) is 0 Å². The van der Waals surface area contributed by atoms with E-state index in [1.165, 1.54) is 0 Å². The second-order valence-electron chi connectivity index (χ2n) is 4.87. The number of hydrogen-bond acceptors (Lipinski definition) is 4. The Hall–Kier alpha value is -1.14. The van der Waals surface area contributed by atoms with Crippen LogP contribution >= 0.6 is 11.6 Å². The fraction of sp³-hybridized carbons (Fsp3) is 0.500. The van der Waals surface area contributed by atoms with Gasteiger partial charge in [-0.25, -0.2) is 0 Å². The zero-order chi connectivity index (χ0) is 15.0. The largest absolute Gasteiger partial charge is 0.389 e. The molecule has 1 unspecified atom stereocenters. The Morgan fingerprint density at radius 3 is 2.80 bits per heavy atom. The molecule has 112 valence electrons. The van der Waals surface area contributed by atoms with Gasteiger partial charge in [-0.2, -0.15) is 0 Å². The summed E-state index contributed by atoms with van der Waals surface area (Å²) in [5.74, 6) is -0.208. The lowest BCUT2D eigenvalue weighted by atomic mass is 10.0. The fourth-order valence-electron chi connectivity index (χ4n) is 1.61. The molecular weight excluding hydrogens is 280 g/mol. The first-order valence-electron chi connectivity index (χ1n) is 6.41. The maximum absolute atomic E-state index is 11.7. The van der Waals surface area contributed by atoms with Crippen LogP contribution in [-0.4, -0.2) is 43.4 Å². The van der Waals surface area contributed by atoms with E-state index in [2.05, 4.69) is 10.6 Å². The molecule has 0 fully saturated rings. The molecule has 0 radical (unpaired) electrons. The van der Waals surface area contributed by atoms with E-state index in [4.69, 9.17) is 16.3 Å². The van der Waals surface area contributed by atoms with E-state index in [1.54, 1.807) is 38.3 Å². The number of hydrogen-bond donors (Lipinski definition) is 3. The van der Waals surface area contributed by atoms with Crippen molar-refractivity contribution >= 4 is 23.2 Å². The van der Waals surface area contributed by atoms with Crippen molar-refractivity contribution < 1.29 is 14.6 Å². The van der Waals surface area contributed by atoms with Gasteiger partial charge in [-0.05, 0) is 19.1 Å². The lowest BCUT2D eigenvalue weighted by Crippen LogP contribution is -2.41. The predicted octanol–water partition coefficient (Wildman–Crippen LogP) is 1.66. The number of carbonyl (C=O) groups excluding carboxylic acids is 1. The molecule has 5 nitrogen and oxygen atoms in total. The summed E-state index contributed by atoms with van der Waals surface area (Å²) in [6, 6.07) is 7.03. The molecule has 1 aromatic carbocycles. The first kappa shape index (κ1) is 16.9. The van der Waals surface area contributed by atoms with Crippen LogP contribution in [0.3, 0.4) is 0 Å². The van der Waals surface area contributed by atoms with Crippen molar-refractivity contribution in [2.75, 3.05) is 32.1 Å². The lowest BCUT2D eigenvalue weighted by Gasteiger charge is -2.23. The maximum atomic E-state index is 11.7.